The normalized spacial score (nSPS) is 10.5. The van der Waals surface area contributed by atoms with Crippen molar-refractivity contribution in [2.24, 2.45) is 4.99 Å². The molecule has 1 aromatic carbocycles. The highest BCUT2D eigenvalue weighted by molar-refractivity contribution is 6.01. The maximum Gasteiger partial charge on any atom is 0.0715 e. The Hall–Kier alpha value is -1.44. The quantitative estimate of drug-likeness (QED) is 0.646. The molecule has 0 atom stereocenters. The smallest absolute Gasteiger partial charge is 0.0715 e. The number of rotatable bonds is 2. The Morgan fingerprint density at radius 2 is 2.08 bits per heavy atom. The average Bonchev–Trinajstić information content (AvgIpc) is 2.05. The third kappa shape index (κ3) is 1.78. The number of hydrogen-bond acceptors (Lipinski definition) is 2. The number of para-hydroxylation sites is 1. The van der Waals surface area contributed by atoms with Gasteiger partial charge in [-0.05, 0) is 19.9 Å². The molecule has 0 aliphatic rings. The Balaban J connectivity index is 3.17. The van der Waals surface area contributed by atoms with E-state index in [-0.39, 0.29) is 0 Å². The Bertz CT molecular complexity index is 313. The summed E-state index contributed by atoms with van der Waals surface area (Å²) in [4.78, 5) is 4.16. The van der Waals surface area contributed by atoms with Crippen molar-refractivity contribution in [1.82, 2.24) is 0 Å². The van der Waals surface area contributed by atoms with Gasteiger partial charge in [0.2, 0.25) is 0 Å². The van der Waals surface area contributed by atoms with Crippen LogP contribution in [0.1, 0.15) is 19.4 Å². The second-order valence-electron chi connectivity index (χ2n) is 2.53. The van der Waals surface area contributed by atoms with Crippen molar-refractivity contribution in [3.8, 4) is 0 Å². The largest absolute Gasteiger partial charge is 0.305 e. The molecule has 0 unspecified atom stereocenters. The van der Waals surface area contributed by atoms with E-state index in [4.69, 9.17) is 5.41 Å². The molecule has 0 heterocycles. The van der Waals surface area contributed by atoms with E-state index in [0.29, 0.717) is 5.71 Å². The lowest BCUT2D eigenvalue weighted by atomic mass is 10.1. The van der Waals surface area contributed by atoms with Crippen LogP contribution in [0.5, 0.6) is 0 Å². The van der Waals surface area contributed by atoms with E-state index in [0.717, 1.165) is 11.3 Å². The maximum atomic E-state index is 7.48. The molecule has 0 saturated carbocycles. The molecule has 0 aromatic heterocycles. The van der Waals surface area contributed by atoms with Crippen LogP contribution < -0.4 is 0 Å². The van der Waals surface area contributed by atoms with E-state index < -0.39 is 0 Å². The summed E-state index contributed by atoms with van der Waals surface area (Å²) < 4.78 is 0. The summed E-state index contributed by atoms with van der Waals surface area (Å²) in [5.74, 6) is 0. The lowest BCUT2D eigenvalue weighted by Gasteiger charge is -2.01. The zero-order chi connectivity index (χ0) is 8.97. The van der Waals surface area contributed by atoms with Crippen molar-refractivity contribution >= 4 is 17.6 Å². The maximum absolute atomic E-state index is 7.48. The van der Waals surface area contributed by atoms with E-state index in [1.54, 1.807) is 13.1 Å². The van der Waals surface area contributed by atoms with Gasteiger partial charge in [-0.2, -0.15) is 0 Å². The molecule has 0 fully saturated rings. The highest BCUT2D eigenvalue weighted by Crippen LogP contribution is 2.18. The molecule has 0 saturated heterocycles. The first-order valence-electron chi connectivity index (χ1n) is 3.89. The molecule has 1 aromatic rings. The van der Waals surface area contributed by atoms with Gasteiger partial charge in [0.15, 0.2) is 0 Å². The zero-order valence-electron chi connectivity index (χ0n) is 7.33. The average molecular weight is 160 g/mol. The van der Waals surface area contributed by atoms with Crippen LogP contribution >= 0.6 is 0 Å². The van der Waals surface area contributed by atoms with Crippen molar-refractivity contribution in [3.05, 3.63) is 29.8 Å². The van der Waals surface area contributed by atoms with E-state index in [2.05, 4.69) is 4.99 Å². The van der Waals surface area contributed by atoms with Crippen LogP contribution in [0.15, 0.2) is 29.3 Å². The summed E-state index contributed by atoms with van der Waals surface area (Å²) in [5.41, 5.74) is 2.32. The minimum Gasteiger partial charge on any atom is -0.305 e. The summed E-state index contributed by atoms with van der Waals surface area (Å²) in [7, 11) is 0. The van der Waals surface area contributed by atoms with E-state index in [1.807, 2.05) is 31.2 Å². The van der Waals surface area contributed by atoms with Crippen molar-refractivity contribution < 1.29 is 0 Å². The van der Waals surface area contributed by atoms with E-state index in [1.165, 1.54) is 0 Å². The number of aliphatic imine (C=N–C) groups is 1. The minimum atomic E-state index is 0.552. The lowest BCUT2D eigenvalue weighted by Crippen LogP contribution is -1.91. The molecule has 12 heavy (non-hydrogen) atoms. The van der Waals surface area contributed by atoms with Crippen LogP contribution in [-0.2, 0) is 0 Å². The van der Waals surface area contributed by atoms with Gasteiger partial charge in [0, 0.05) is 17.5 Å². The molecular weight excluding hydrogens is 148 g/mol. The molecule has 2 nitrogen and oxygen atoms in total. The van der Waals surface area contributed by atoms with Crippen molar-refractivity contribution in [3.63, 3.8) is 0 Å². The molecular formula is C10H12N2. The molecule has 0 bridgehead atoms. The van der Waals surface area contributed by atoms with Crippen LogP contribution in [0.25, 0.3) is 0 Å². The predicted molar refractivity (Wildman–Crippen MR) is 52.8 cm³/mol. The highest BCUT2D eigenvalue weighted by atomic mass is 14.7. The summed E-state index contributed by atoms with van der Waals surface area (Å²) >= 11 is 0. The zero-order valence-corrected chi connectivity index (χ0v) is 7.33. The van der Waals surface area contributed by atoms with Crippen molar-refractivity contribution in [2.75, 3.05) is 0 Å². The molecule has 0 radical (unpaired) electrons. The van der Waals surface area contributed by atoms with Gasteiger partial charge in [-0.1, -0.05) is 18.2 Å². The molecule has 0 aliphatic heterocycles. The monoisotopic (exact) mass is 160 g/mol. The molecule has 0 aliphatic carbocycles. The van der Waals surface area contributed by atoms with Gasteiger partial charge in [-0.3, -0.25) is 4.99 Å². The number of hydrogen-bond donors (Lipinski definition) is 1. The topological polar surface area (TPSA) is 36.2 Å². The van der Waals surface area contributed by atoms with Crippen LogP contribution in [0.3, 0.4) is 0 Å². The lowest BCUT2D eigenvalue weighted by molar-refractivity contribution is 1.42. The van der Waals surface area contributed by atoms with E-state index in [9.17, 15) is 0 Å². The van der Waals surface area contributed by atoms with Crippen molar-refractivity contribution in [1.29, 1.82) is 5.41 Å². The van der Waals surface area contributed by atoms with Gasteiger partial charge in [-0.25, -0.2) is 0 Å². The second-order valence-corrected chi connectivity index (χ2v) is 2.53. The third-order valence-electron chi connectivity index (χ3n) is 1.58. The molecule has 0 amide bonds. The van der Waals surface area contributed by atoms with Crippen molar-refractivity contribution in [2.45, 2.75) is 13.8 Å². The molecule has 0 spiro atoms. The van der Waals surface area contributed by atoms with Gasteiger partial charge < -0.3 is 5.41 Å². The molecule has 2 heteroatoms. The Labute approximate surface area is 72.5 Å². The van der Waals surface area contributed by atoms with Gasteiger partial charge in [-0.15, -0.1) is 0 Å². The second kappa shape index (κ2) is 3.81. The molecule has 1 rings (SSSR count). The summed E-state index contributed by atoms with van der Waals surface area (Å²) in [6.45, 7) is 3.64. The van der Waals surface area contributed by atoms with Gasteiger partial charge >= 0.3 is 0 Å². The summed E-state index contributed by atoms with van der Waals surface area (Å²) in [6, 6.07) is 7.66. The molecule has 62 valence electrons. The fourth-order valence-electron chi connectivity index (χ4n) is 1.04. The Morgan fingerprint density at radius 1 is 1.42 bits per heavy atom. The highest BCUT2D eigenvalue weighted by Gasteiger charge is 1.99. The third-order valence-corrected chi connectivity index (χ3v) is 1.58. The summed E-state index contributed by atoms with van der Waals surface area (Å²) in [5, 5.41) is 7.48. The minimum absolute atomic E-state index is 0.552. The van der Waals surface area contributed by atoms with Crippen LogP contribution in [-0.4, -0.2) is 11.9 Å². The number of nitrogens with one attached hydrogen (secondary N) is 1. The van der Waals surface area contributed by atoms with Gasteiger partial charge in [0.25, 0.3) is 0 Å². The first kappa shape index (κ1) is 8.65. The van der Waals surface area contributed by atoms with Gasteiger partial charge in [0.05, 0.1) is 5.69 Å². The predicted octanol–water partition coefficient (Wildman–Crippen LogP) is 2.80. The Morgan fingerprint density at radius 3 is 2.67 bits per heavy atom. The fourth-order valence-corrected chi connectivity index (χ4v) is 1.04. The standard InChI is InChI=1S/C10H12N2/c1-3-12-10-7-5-4-6-9(10)8(2)11/h3-7,11H,1-2H3. The number of benzene rings is 1. The Kier molecular flexibility index (Phi) is 2.75. The molecule has 1 N–H and O–H groups in total. The SMILES string of the molecule is CC=Nc1ccccc1C(C)=N. The van der Waals surface area contributed by atoms with Gasteiger partial charge in [0.1, 0.15) is 0 Å². The first-order valence-corrected chi connectivity index (χ1v) is 3.89. The van der Waals surface area contributed by atoms with Crippen LogP contribution in [0.2, 0.25) is 0 Å². The van der Waals surface area contributed by atoms with Crippen LogP contribution in [0, 0.1) is 5.41 Å². The van der Waals surface area contributed by atoms with E-state index >= 15 is 0 Å². The summed E-state index contributed by atoms with van der Waals surface area (Å²) in [6.07, 6.45) is 1.74. The van der Waals surface area contributed by atoms with Crippen LogP contribution in [0.4, 0.5) is 5.69 Å². The fraction of sp³-hybridized carbons (Fsp3) is 0.200. The number of nitrogens with zero attached hydrogens (tertiary/aromatic N) is 1. The first-order chi connectivity index (χ1) is 5.75.